The van der Waals surface area contributed by atoms with Gasteiger partial charge in [0, 0.05) is 31.9 Å². The van der Waals surface area contributed by atoms with Gasteiger partial charge in [-0.25, -0.2) is 0 Å². The zero-order valence-electron chi connectivity index (χ0n) is 7.65. The van der Waals surface area contributed by atoms with Crippen LogP contribution in [0.25, 0.3) is 0 Å². The molecule has 0 rings (SSSR count). The molecule has 0 saturated carbocycles. The molecule has 66 valence electrons. The Kier molecular flexibility index (Phi) is 4.62. The predicted octanol–water partition coefficient (Wildman–Crippen LogP) is 0.982. The second-order valence-electron chi connectivity index (χ2n) is 2.51. The number of nitriles is 1. The summed E-state index contributed by atoms with van der Waals surface area (Å²) in [4.78, 5) is 0. The maximum atomic E-state index is 8.75. The topological polar surface area (TPSA) is 47.9 Å². The summed E-state index contributed by atoms with van der Waals surface area (Å²) >= 11 is 0. The Hall–Kier alpha value is -1.43. The normalized spacial score (nSPS) is 11.1. The van der Waals surface area contributed by atoms with E-state index in [1.807, 2.05) is 0 Å². The molecule has 2 N–H and O–H groups in total. The van der Waals surface area contributed by atoms with E-state index < -0.39 is 0 Å². The first-order chi connectivity index (χ1) is 5.65. The summed E-state index contributed by atoms with van der Waals surface area (Å²) in [6, 6.07) is 2.16. The van der Waals surface area contributed by atoms with Gasteiger partial charge in [-0.05, 0) is 0 Å². The second kappa shape index (κ2) is 5.25. The van der Waals surface area contributed by atoms with Crippen LogP contribution < -0.4 is 10.6 Å². The average molecular weight is 165 g/mol. The summed E-state index contributed by atoms with van der Waals surface area (Å²) in [5, 5.41) is 14.5. The maximum absolute atomic E-state index is 8.75. The number of nitrogens with one attached hydrogen (secondary N) is 2. The third-order valence-electron chi connectivity index (χ3n) is 1.70. The summed E-state index contributed by atoms with van der Waals surface area (Å²) in [5.74, 6) is -0.199. The molecule has 0 bridgehead atoms. The van der Waals surface area contributed by atoms with Crippen LogP contribution in [0.3, 0.4) is 0 Å². The van der Waals surface area contributed by atoms with Crippen molar-refractivity contribution >= 4 is 0 Å². The Morgan fingerprint density at radius 3 is 2.33 bits per heavy atom. The fourth-order valence-corrected chi connectivity index (χ4v) is 0.769. The van der Waals surface area contributed by atoms with Crippen LogP contribution in [0.2, 0.25) is 0 Å². The van der Waals surface area contributed by atoms with Crippen molar-refractivity contribution in [3.05, 3.63) is 24.6 Å². The second-order valence-corrected chi connectivity index (χ2v) is 2.51. The number of nitrogens with zero attached hydrogens (tertiary/aromatic N) is 1. The van der Waals surface area contributed by atoms with Crippen LogP contribution in [0.4, 0.5) is 0 Å². The average Bonchev–Trinajstić information content (AvgIpc) is 2.12. The molecule has 0 saturated heterocycles. The minimum Gasteiger partial charge on any atom is -0.392 e. The van der Waals surface area contributed by atoms with Gasteiger partial charge in [0.25, 0.3) is 0 Å². The molecule has 0 radical (unpaired) electrons. The minimum atomic E-state index is -0.199. The highest BCUT2D eigenvalue weighted by Crippen LogP contribution is 2.12. The molecule has 0 unspecified atom stereocenters. The quantitative estimate of drug-likeness (QED) is 0.638. The van der Waals surface area contributed by atoms with Crippen molar-refractivity contribution in [1.29, 1.82) is 5.26 Å². The molecule has 0 aromatic heterocycles. The van der Waals surface area contributed by atoms with E-state index in [-0.39, 0.29) is 5.92 Å². The number of rotatable bonds is 5. The molecule has 1 atom stereocenters. The molecule has 0 amide bonds. The number of hydrogen-bond acceptors (Lipinski definition) is 3. The molecule has 12 heavy (non-hydrogen) atoms. The molecule has 3 nitrogen and oxygen atoms in total. The lowest BCUT2D eigenvalue weighted by Crippen LogP contribution is -2.17. The van der Waals surface area contributed by atoms with Gasteiger partial charge in [0.15, 0.2) is 0 Å². The third-order valence-corrected chi connectivity index (χ3v) is 1.70. The minimum absolute atomic E-state index is 0.199. The molecule has 0 aliphatic rings. The van der Waals surface area contributed by atoms with Gasteiger partial charge >= 0.3 is 0 Å². The Balaban J connectivity index is 4.11. The van der Waals surface area contributed by atoms with E-state index in [0.29, 0.717) is 6.42 Å². The first-order valence-corrected chi connectivity index (χ1v) is 3.77. The standard InChI is InChI=1S/C9H15N3/c1-7(11-3)5-9(6-10)8(2)12-4/h9,11-12H,1-2,5H2,3-4H3/t9-/m0/s1. The first kappa shape index (κ1) is 10.6. The van der Waals surface area contributed by atoms with Crippen molar-refractivity contribution < 1.29 is 0 Å². The maximum Gasteiger partial charge on any atom is 0.0907 e. The Bertz CT molecular complexity index is 212. The summed E-state index contributed by atoms with van der Waals surface area (Å²) in [5.41, 5.74) is 1.58. The molecular formula is C9H15N3. The molecule has 0 fully saturated rings. The monoisotopic (exact) mass is 165 g/mol. The highest BCUT2D eigenvalue weighted by Gasteiger charge is 2.10. The van der Waals surface area contributed by atoms with E-state index in [2.05, 4.69) is 29.9 Å². The lowest BCUT2D eigenvalue weighted by atomic mass is 10.0. The molecular weight excluding hydrogens is 150 g/mol. The van der Waals surface area contributed by atoms with Gasteiger partial charge in [-0.3, -0.25) is 0 Å². The van der Waals surface area contributed by atoms with Crippen LogP contribution in [-0.4, -0.2) is 14.1 Å². The van der Waals surface area contributed by atoms with Crippen molar-refractivity contribution in [2.45, 2.75) is 6.42 Å². The van der Waals surface area contributed by atoms with Crippen LogP contribution >= 0.6 is 0 Å². The van der Waals surface area contributed by atoms with Crippen LogP contribution in [0.5, 0.6) is 0 Å². The molecule has 0 spiro atoms. The summed E-state index contributed by atoms with van der Waals surface area (Å²) in [6.45, 7) is 7.48. The lowest BCUT2D eigenvalue weighted by molar-refractivity contribution is 0.678. The van der Waals surface area contributed by atoms with E-state index in [9.17, 15) is 0 Å². The van der Waals surface area contributed by atoms with Crippen LogP contribution in [0.1, 0.15) is 6.42 Å². The molecule has 3 heteroatoms. The highest BCUT2D eigenvalue weighted by molar-refractivity contribution is 5.12. The lowest BCUT2D eigenvalue weighted by Gasteiger charge is -2.12. The highest BCUT2D eigenvalue weighted by atomic mass is 14.9. The number of allylic oxidation sites excluding steroid dienone is 2. The zero-order valence-corrected chi connectivity index (χ0v) is 7.65. The molecule has 0 heterocycles. The summed E-state index contributed by atoms with van der Waals surface area (Å²) in [7, 11) is 3.55. The first-order valence-electron chi connectivity index (χ1n) is 3.77. The summed E-state index contributed by atoms with van der Waals surface area (Å²) < 4.78 is 0. The van der Waals surface area contributed by atoms with Crippen molar-refractivity contribution in [2.75, 3.05) is 14.1 Å². The third kappa shape index (κ3) is 3.11. The SMILES string of the molecule is C=C(C[C@@H](C#N)C(=C)NC)NC. The van der Waals surface area contributed by atoms with E-state index in [0.717, 1.165) is 11.4 Å². The van der Waals surface area contributed by atoms with Gasteiger partial charge in [0.2, 0.25) is 0 Å². The Morgan fingerprint density at radius 1 is 1.42 bits per heavy atom. The van der Waals surface area contributed by atoms with Crippen molar-refractivity contribution in [3.63, 3.8) is 0 Å². The van der Waals surface area contributed by atoms with Crippen molar-refractivity contribution in [1.82, 2.24) is 10.6 Å². The van der Waals surface area contributed by atoms with E-state index in [1.54, 1.807) is 14.1 Å². The molecule has 0 aromatic carbocycles. The Morgan fingerprint density at radius 2 is 2.00 bits per heavy atom. The van der Waals surface area contributed by atoms with E-state index in [1.165, 1.54) is 0 Å². The van der Waals surface area contributed by atoms with Gasteiger partial charge in [0.1, 0.15) is 0 Å². The van der Waals surface area contributed by atoms with Crippen LogP contribution in [-0.2, 0) is 0 Å². The molecule has 0 aromatic rings. The van der Waals surface area contributed by atoms with E-state index >= 15 is 0 Å². The van der Waals surface area contributed by atoms with Crippen LogP contribution in [0.15, 0.2) is 24.6 Å². The molecule has 0 aliphatic heterocycles. The smallest absolute Gasteiger partial charge is 0.0907 e. The fraction of sp³-hybridized carbons (Fsp3) is 0.444. The largest absolute Gasteiger partial charge is 0.392 e. The van der Waals surface area contributed by atoms with Crippen molar-refractivity contribution in [3.8, 4) is 6.07 Å². The van der Waals surface area contributed by atoms with E-state index in [4.69, 9.17) is 5.26 Å². The zero-order chi connectivity index (χ0) is 9.56. The van der Waals surface area contributed by atoms with Gasteiger partial charge in [-0.2, -0.15) is 5.26 Å². The summed E-state index contributed by atoms with van der Waals surface area (Å²) in [6.07, 6.45) is 0.604. The predicted molar refractivity (Wildman–Crippen MR) is 50.1 cm³/mol. The Labute approximate surface area is 73.8 Å². The van der Waals surface area contributed by atoms with Gasteiger partial charge < -0.3 is 10.6 Å². The van der Waals surface area contributed by atoms with Crippen molar-refractivity contribution in [2.24, 2.45) is 5.92 Å². The van der Waals surface area contributed by atoms with Gasteiger partial charge in [0.05, 0.1) is 12.0 Å². The number of hydrogen-bond donors (Lipinski definition) is 2. The molecule has 0 aliphatic carbocycles. The fourth-order valence-electron chi connectivity index (χ4n) is 0.769. The van der Waals surface area contributed by atoms with Gasteiger partial charge in [-0.1, -0.05) is 13.2 Å². The van der Waals surface area contributed by atoms with Gasteiger partial charge in [-0.15, -0.1) is 0 Å². The van der Waals surface area contributed by atoms with Crippen LogP contribution in [0, 0.1) is 17.2 Å².